The van der Waals surface area contributed by atoms with Gasteiger partial charge in [0, 0.05) is 22.1 Å². The number of aromatic nitrogens is 1. The SMILES string of the molecule is CC(C)Cc1nc2ccc(Br)cc2c(-c2ccccc2)c1CN. The quantitative estimate of drug-likeness (QED) is 0.676. The average molecular weight is 369 g/mol. The van der Waals surface area contributed by atoms with E-state index < -0.39 is 0 Å². The summed E-state index contributed by atoms with van der Waals surface area (Å²) in [5.41, 5.74) is 11.9. The van der Waals surface area contributed by atoms with E-state index in [0.29, 0.717) is 12.5 Å². The second kappa shape index (κ2) is 6.81. The van der Waals surface area contributed by atoms with E-state index in [1.54, 1.807) is 0 Å². The van der Waals surface area contributed by atoms with Crippen LogP contribution in [0, 0.1) is 5.92 Å². The Bertz CT molecular complexity index is 826. The Morgan fingerprint density at radius 1 is 1.09 bits per heavy atom. The summed E-state index contributed by atoms with van der Waals surface area (Å²) in [6.45, 7) is 4.94. The van der Waals surface area contributed by atoms with Crippen molar-refractivity contribution in [1.29, 1.82) is 0 Å². The minimum Gasteiger partial charge on any atom is -0.326 e. The van der Waals surface area contributed by atoms with Gasteiger partial charge in [-0.1, -0.05) is 60.1 Å². The van der Waals surface area contributed by atoms with Crippen molar-refractivity contribution in [2.24, 2.45) is 11.7 Å². The van der Waals surface area contributed by atoms with Crippen molar-refractivity contribution in [2.45, 2.75) is 26.8 Å². The Hall–Kier alpha value is -1.71. The molecule has 0 spiro atoms. The summed E-state index contributed by atoms with van der Waals surface area (Å²) in [4.78, 5) is 4.91. The minimum atomic E-state index is 0.502. The maximum atomic E-state index is 6.14. The molecule has 2 N–H and O–H groups in total. The highest BCUT2D eigenvalue weighted by atomic mass is 79.9. The van der Waals surface area contributed by atoms with E-state index in [9.17, 15) is 0 Å². The molecule has 0 bridgehead atoms. The van der Waals surface area contributed by atoms with Crippen molar-refractivity contribution in [3.05, 3.63) is 64.3 Å². The van der Waals surface area contributed by atoms with Gasteiger partial charge in [-0.05, 0) is 47.2 Å². The fraction of sp³-hybridized carbons (Fsp3) is 0.250. The first-order chi connectivity index (χ1) is 11.1. The fourth-order valence-corrected chi connectivity index (χ4v) is 3.40. The van der Waals surface area contributed by atoms with Crippen LogP contribution in [0.3, 0.4) is 0 Å². The molecule has 0 fully saturated rings. The molecular formula is C20H21BrN2. The largest absolute Gasteiger partial charge is 0.326 e. The zero-order valence-corrected chi connectivity index (χ0v) is 15.1. The summed E-state index contributed by atoms with van der Waals surface area (Å²) in [5.74, 6) is 0.546. The van der Waals surface area contributed by atoms with E-state index >= 15 is 0 Å². The molecule has 3 aromatic rings. The summed E-state index contributed by atoms with van der Waals surface area (Å²) in [6.07, 6.45) is 0.943. The molecule has 3 rings (SSSR count). The van der Waals surface area contributed by atoms with Gasteiger partial charge in [-0.15, -0.1) is 0 Å². The molecule has 0 saturated heterocycles. The van der Waals surface area contributed by atoms with Gasteiger partial charge >= 0.3 is 0 Å². The van der Waals surface area contributed by atoms with Crippen LogP contribution in [0.15, 0.2) is 53.0 Å². The van der Waals surface area contributed by atoms with Crippen LogP contribution < -0.4 is 5.73 Å². The van der Waals surface area contributed by atoms with Crippen molar-refractivity contribution >= 4 is 26.8 Å². The predicted molar refractivity (Wildman–Crippen MR) is 101 cm³/mol. The summed E-state index contributed by atoms with van der Waals surface area (Å²) in [6, 6.07) is 16.7. The highest BCUT2D eigenvalue weighted by molar-refractivity contribution is 9.10. The lowest BCUT2D eigenvalue weighted by Gasteiger charge is -2.18. The van der Waals surface area contributed by atoms with E-state index in [0.717, 1.165) is 33.1 Å². The number of hydrogen-bond donors (Lipinski definition) is 1. The first-order valence-electron chi connectivity index (χ1n) is 7.96. The van der Waals surface area contributed by atoms with Gasteiger partial charge in [-0.3, -0.25) is 4.98 Å². The van der Waals surface area contributed by atoms with Crippen molar-refractivity contribution in [1.82, 2.24) is 4.98 Å². The Kier molecular flexibility index (Phi) is 4.79. The molecule has 0 atom stereocenters. The summed E-state index contributed by atoms with van der Waals surface area (Å²) >= 11 is 3.59. The molecule has 0 amide bonds. The van der Waals surface area contributed by atoms with Gasteiger partial charge in [0.25, 0.3) is 0 Å². The van der Waals surface area contributed by atoms with Crippen LogP contribution in [-0.4, -0.2) is 4.98 Å². The molecule has 0 saturated carbocycles. The Morgan fingerprint density at radius 2 is 1.83 bits per heavy atom. The van der Waals surface area contributed by atoms with Gasteiger partial charge in [0.2, 0.25) is 0 Å². The maximum absolute atomic E-state index is 6.14. The first-order valence-corrected chi connectivity index (χ1v) is 8.76. The first kappa shape index (κ1) is 16.2. The average Bonchev–Trinajstić information content (AvgIpc) is 2.54. The fourth-order valence-electron chi connectivity index (χ4n) is 3.04. The molecule has 0 radical (unpaired) electrons. The molecule has 1 aromatic heterocycles. The van der Waals surface area contributed by atoms with Crippen LogP contribution in [0.4, 0.5) is 0 Å². The summed E-state index contributed by atoms with van der Waals surface area (Å²) in [5, 5.41) is 1.15. The summed E-state index contributed by atoms with van der Waals surface area (Å²) in [7, 11) is 0. The van der Waals surface area contributed by atoms with Crippen molar-refractivity contribution in [2.75, 3.05) is 0 Å². The molecule has 0 aliphatic carbocycles. The molecule has 0 aliphatic rings. The number of benzene rings is 2. The minimum absolute atomic E-state index is 0.502. The van der Waals surface area contributed by atoms with Gasteiger partial charge in [0.15, 0.2) is 0 Å². The third-order valence-electron chi connectivity index (χ3n) is 4.00. The van der Waals surface area contributed by atoms with Crippen molar-refractivity contribution in [3.8, 4) is 11.1 Å². The number of fused-ring (bicyclic) bond motifs is 1. The van der Waals surface area contributed by atoms with Gasteiger partial charge in [0.05, 0.1) is 5.52 Å². The van der Waals surface area contributed by atoms with Gasteiger partial charge < -0.3 is 5.73 Å². The van der Waals surface area contributed by atoms with E-state index in [4.69, 9.17) is 10.7 Å². The number of pyridine rings is 1. The van der Waals surface area contributed by atoms with Crippen LogP contribution >= 0.6 is 15.9 Å². The van der Waals surface area contributed by atoms with Gasteiger partial charge in [-0.25, -0.2) is 0 Å². The molecule has 118 valence electrons. The van der Waals surface area contributed by atoms with E-state index in [1.807, 2.05) is 12.1 Å². The van der Waals surface area contributed by atoms with Crippen molar-refractivity contribution < 1.29 is 0 Å². The standard InChI is InChI=1S/C20H21BrN2/c1-13(2)10-19-17(12-22)20(14-6-4-3-5-7-14)16-11-15(21)8-9-18(16)23-19/h3-9,11,13H,10,12,22H2,1-2H3. The van der Waals surface area contributed by atoms with Crippen LogP contribution in [0.2, 0.25) is 0 Å². The molecule has 1 heterocycles. The zero-order chi connectivity index (χ0) is 16.4. The normalized spacial score (nSPS) is 11.3. The highest BCUT2D eigenvalue weighted by Crippen LogP contribution is 2.35. The molecule has 23 heavy (non-hydrogen) atoms. The Labute approximate surface area is 145 Å². The van der Waals surface area contributed by atoms with Gasteiger partial charge in [0.1, 0.15) is 0 Å². The lowest BCUT2D eigenvalue weighted by atomic mass is 9.91. The Balaban J connectivity index is 2.38. The second-order valence-electron chi connectivity index (χ2n) is 6.24. The third-order valence-corrected chi connectivity index (χ3v) is 4.49. The van der Waals surface area contributed by atoms with Crippen molar-refractivity contribution in [3.63, 3.8) is 0 Å². The third kappa shape index (κ3) is 3.31. The lowest BCUT2D eigenvalue weighted by molar-refractivity contribution is 0.632. The van der Waals surface area contributed by atoms with E-state index in [2.05, 4.69) is 66.2 Å². The molecular weight excluding hydrogens is 348 g/mol. The topological polar surface area (TPSA) is 38.9 Å². The van der Waals surface area contributed by atoms with Crippen LogP contribution in [0.25, 0.3) is 22.0 Å². The monoisotopic (exact) mass is 368 g/mol. The van der Waals surface area contributed by atoms with Crippen LogP contribution in [0.5, 0.6) is 0 Å². The second-order valence-corrected chi connectivity index (χ2v) is 7.16. The number of rotatable bonds is 4. The van der Waals surface area contributed by atoms with E-state index in [1.165, 1.54) is 11.1 Å². The predicted octanol–water partition coefficient (Wildman–Crippen LogP) is 5.32. The molecule has 0 aliphatic heterocycles. The highest BCUT2D eigenvalue weighted by Gasteiger charge is 2.16. The molecule has 0 unspecified atom stereocenters. The number of nitrogens with two attached hydrogens (primary N) is 1. The number of halogens is 1. The molecule has 2 nitrogen and oxygen atoms in total. The maximum Gasteiger partial charge on any atom is 0.0712 e. The Morgan fingerprint density at radius 3 is 2.48 bits per heavy atom. The molecule has 2 aromatic carbocycles. The van der Waals surface area contributed by atoms with Gasteiger partial charge in [-0.2, -0.15) is 0 Å². The van der Waals surface area contributed by atoms with E-state index in [-0.39, 0.29) is 0 Å². The number of hydrogen-bond acceptors (Lipinski definition) is 2. The van der Waals surface area contributed by atoms with Crippen LogP contribution in [-0.2, 0) is 13.0 Å². The van der Waals surface area contributed by atoms with Crippen LogP contribution in [0.1, 0.15) is 25.1 Å². The summed E-state index contributed by atoms with van der Waals surface area (Å²) < 4.78 is 1.06. The lowest BCUT2D eigenvalue weighted by Crippen LogP contribution is -2.09. The number of nitrogens with zero attached hydrogens (tertiary/aromatic N) is 1. The smallest absolute Gasteiger partial charge is 0.0712 e. The zero-order valence-electron chi connectivity index (χ0n) is 13.5. The molecule has 3 heteroatoms.